The molecule has 0 spiro atoms. The number of hydrogen-bond acceptors (Lipinski definition) is 3. The standard InChI is InChI=1S/C15H18BrFN2S/c16-15-11(4-1-8-14(15)17)10-12(19-18)5-2-6-13-7-3-9-20-13/h1,3-4,7-9,12,19H,2,5-6,10,18H2. The molecule has 1 aromatic heterocycles. The SMILES string of the molecule is NNC(CCCc1cccs1)Cc1cccc(F)c1Br. The average molecular weight is 357 g/mol. The molecule has 0 aliphatic carbocycles. The van der Waals surface area contributed by atoms with Crippen molar-refractivity contribution in [3.63, 3.8) is 0 Å². The minimum atomic E-state index is -0.225. The van der Waals surface area contributed by atoms with E-state index in [1.165, 1.54) is 10.9 Å². The highest BCUT2D eigenvalue weighted by Gasteiger charge is 2.12. The Balaban J connectivity index is 1.87. The maximum atomic E-state index is 13.5. The Kier molecular flexibility index (Phi) is 6.16. The molecule has 0 bridgehead atoms. The van der Waals surface area contributed by atoms with E-state index < -0.39 is 0 Å². The van der Waals surface area contributed by atoms with Crippen molar-refractivity contribution in [2.24, 2.45) is 5.84 Å². The van der Waals surface area contributed by atoms with E-state index in [4.69, 9.17) is 5.84 Å². The molecule has 2 rings (SSSR count). The van der Waals surface area contributed by atoms with Crippen molar-refractivity contribution in [2.45, 2.75) is 31.7 Å². The number of aryl methyl sites for hydroxylation is 1. The third-order valence-electron chi connectivity index (χ3n) is 3.29. The van der Waals surface area contributed by atoms with Crippen LogP contribution >= 0.6 is 27.3 Å². The van der Waals surface area contributed by atoms with E-state index in [9.17, 15) is 4.39 Å². The molecular weight excluding hydrogens is 339 g/mol. The second-order valence-corrected chi connectivity index (χ2v) is 6.58. The van der Waals surface area contributed by atoms with Crippen molar-refractivity contribution >= 4 is 27.3 Å². The predicted molar refractivity (Wildman–Crippen MR) is 86.2 cm³/mol. The molecule has 1 unspecified atom stereocenters. The largest absolute Gasteiger partial charge is 0.271 e. The van der Waals surface area contributed by atoms with Crippen LogP contribution in [-0.2, 0) is 12.8 Å². The number of hydrazine groups is 1. The molecule has 1 atom stereocenters. The van der Waals surface area contributed by atoms with E-state index in [1.807, 2.05) is 6.07 Å². The van der Waals surface area contributed by atoms with Gasteiger partial charge in [-0.2, -0.15) is 0 Å². The van der Waals surface area contributed by atoms with Crippen LogP contribution in [0.15, 0.2) is 40.2 Å². The van der Waals surface area contributed by atoms with Crippen molar-refractivity contribution in [1.29, 1.82) is 0 Å². The number of thiophene rings is 1. The summed E-state index contributed by atoms with van der Waals surface area (Å²) in [4.78, 5) is 1.40. The average Bonchev–Trinajstić information content (AvgIpc) is 2.95. The van der Waals surface area contributed by atoms with Crippen molar-refractivity contribution in [3.05, 3.63) is 56.4 Å². The molecule has 0 radical (unpaired) electrons. The second-order valence-electron chi connectivity index (χ2n) is 4.75. The lowest BCUT2D eigenvalue weighted by atomic mass is 10.0. The fraction of sp³-hybridized carbons (Fsp3) is 0.333. The molecule has 108 valence electrons. The summed E-state index contributed by atoms with van der Waals surface area (Å²) in [5, 5.41) is 2.10. The predicted octanol–water partition coefficient (Wildman–Crippen LogP) is 4.05. The monoisotopic (exact) mass is 356 g/mol. The Morgan fingerprint density at radius 3 is 2.85 bits per heavy atom. The third-order valence-corrected chi connectivity index (χ3v) is 5.11. The number of nitrogens with one attached hydrogen (secondary N) is 1. The lowest BCUT2D eigenvalue weighted by Gasteiger charge is -2.16. The first-order valence-corrected chi connectivity index (χ1v) is 8.29. The minimum Gasteiger partial charge on any atom is -0.271 e. The van der Waals surface area contributed by atoms with Crippen LogP contribution in [0, 0.1) is 5.82 Å². The Bertz CT molecular complexity index is 531. The van der Waals surface area contributed by atoms with E-state index in [0.717, 1.165) is 31.2 Å². The Morgan fingerprint density at radius 2 is 2.15 bits per heavy atom. The smallest absolute Gasteiger partial charge is 0.137 e. The van der Waals surface area contributed by atoms with Gasteiger partial charge in [-0.3, -0.25) is 11.3 Å². The molecule has 0 amide bonds. The van der Waals surface area contributed by atoms with E-state index >= 15 is 0 Å². The van der Waals surface area contributed by atoms with Crippen LogP contribution in [0.2, 0.25) is 0 Å². The van der Waals surface area contributed by atoms with Crippen molar-refractivity contribution in [2.75, 3.05) is 0 Å². The molecule has 0 saturated carbocycles. The molecule has 0 saturated heterocycles. The van der Waals surface area contributed by atoms with Gasteiger partial charge < -0.3 is 0 Å². The zero-order chi connectivity index (χ0) is 14.4. The molecule has 2 aromatic rings. The maximum absolute atomic E-state index is 13.5. The normalized spacial score (nSPS) is 12.6. The number of rotatable bonds is 7. The quantitative estimate of drug-likeness (QED) is 0.580. The summed E-state index contributed by atoms with van der Waals surface area (Å²) in [6.07, 6.45) is 3.83. The summed E-state index contributed by atoms with van der Waals surface area (Å²) < 4.78 is 14.0. The fourth-order valence-corrected chi connectivity index (χ4v) is 3.37. The second kappa shape index (κ2) is 7.88. The molecule has 20 heavy (non-hydrogen) atoms. The lowest BCUT2D eigenvalue weighted by molar-refractivity contribution is 0.475. The number of halogens is 2. The Hall–Kier alpha value is -0.750. The van der Waals surface area contributed by atoms with Crippen LogP contribution in [-0.4, -0.2) is 6.04 Å². The highest BCUT2D eigenvalue weighted by Crippen LogP contribution is 2.22. The highest BCUT2D eigenvalue weighted by atomic mass is 79.9. The van der Waals surface area contributed by atoms with Crippen LogP contribution in [0.3, 0.4) is 0 Å². The third kappa shape index (κ3) is 4.38. The van der Waals surface area contributed by atoms with Gasteiger partial charge in [0.2, 0.25) is 0 Å². The molecule has 2 nitrogen and oxygen atoms in total. The van der Waals surface area contributed by atoms with Gasteiger partial charge in [0.1, 0.15) is 5.82 Å². The van der Waals surface area contributed by atoms with Crippen LogP contribution in [0.5, 0.6) is 0 Å². The minimum absolute atomic E-state index is 0.160. The summed E-state index contributed by atoms with van der Waals surface area (Å²) in [7, 11) is 0. The summed E-state index contributed by atoms with van der Waals surface area (Å²) in [6.45, 7) is 0. The lowest BCUT2D eigenvalue weighted by Crippen LogP contribution is -2.36. The molecule has 3 N–H and O–H groups in total. The van der Waals surface area contributed by atoms with Gasteiger partial charge >= 0.3 is 0 Å². The Morgan fingerprint density at radius 1 is 1.30 bits per heavy atom. The first-order chi connectivity index (χ1) is 9.70. The van der Waals surface area contributed by atoms with Gasteiger partial charge in [0.05, 0.1) is 4.47 Å². The van der Waals surface area contributed by atoms with Gasteiger partial charge in [-0.15, -0.1) is 11.3 Å². The number of hydrogen-bond donors (Lipinski definition) is 2. The zero-order valence-corrected chi connectivity index (χ0v) is 13.5. The van der Waals surface area contributed by atoms with Crippen molar-refractivity contribution < 1.29 is 4.39 Å². The van der Waals surface area contributed by atoms with E-state index in [-0.39, 0.29) is 11.9 Å². The zero-order valence-electron chi connectivity index (χ0n) is 11.1. The molecular formula is C15H18BrFN2S. The fourth-order valence-electron chi connectivity index (χ4n) is 2.19. The first-order valence-electron chi connectivity index (χ1n) is 6.62. The summed E-state index contributed by atoms with van der Waals surface area (Å²) >= 11 is 5.08. The van der Waals surface area contributed by atoms with Gasteiger partial charge in [0.15, 0.2) is 0 Å². The number of benzene rings is 1. The van der Waals surface area contributed by atoms with Gasteiger partial charge in [0, 0.05) is 10.9 Å². The van der Waals surface area contributed by atoms with Crippen molar-refractivity contribution in [1.82, 2.24) is 5.43 Å². The summed E-state index contributed by atoms with van der Waals surface area (Å²) in [6, 6.07) is 9.50. The van der Waals surface area contributed by atoms with Crippen LogP contribution in [0.4, 0.5) is 4.39 Å². The van der Waals surface area contributed by atoms with Crippen molar-refractivity contribution in [3.8, 4) is 0 Å². The summed E-state index contributed by atoms with van der Waals surface area (Å²) in [5.74, 6) is 5.39. The van der Waals surface area contributed by atoms with Gasteiger partial charge in [0.25, 0.3) is 0 Å². The summed E-state index contributed by atoms with van der Waals surface area (Å²) in [5.41, 5.74) is 3.79. The van der Waals surface area contributed by atoms with Crippen LogP contribution in [0.25, 0.3) is 0 Å². The van der Waals surface area contributed by atoms with Gasteiger partial charge in [-0.1, -0.05) is 18.2 Å². The Labute approximate surface area is 131 Å². The molecule has 0 fully saturated rings. The van der Waals surface area contributed by atoms with E-state index in [2.05, 4.69) is 38.9 Å². The maximum Gasteiger partial charge on any atom is 0.137 e. The molecule has 0 aliphatic heterocycles. The topological polar surface area (TPSA) is 38.0 Å². The highest BCUT2D eigenvalue weighted by molar-refractivity contribution is 9.10. The van der Waals surface area contributed by atoms with Gasteiger partial charge in [-0.05, 0) is 64.7 Å². The van der Waals surface area contributed by atoms with Crippen LogP contribution in [0.1, 0.15) is 23.3 Å². The van der Waals surface area contributed by atoms with Gasteiger partial charge in [-0.25, -0.2) is 4.39 Å². The molecule has 1 aromatic carbocycles. The molecule has 5 heteroatoms. The molecule has 1 heterocycles. The number of nitrogens with two attached hydrogens (primary N) is 1. The van der Waals surface area contributed by atoms with E-state index in [0.29, 0.717) is 4.47 Å². The van der Waals surface area contributed by atoms with E-state index in [1.54, 1.807) is 17.4 Å². The van der Waals surface area contributed by atoms with Crippen LogP contribution < -0.4 is 11.3 Å². The molecule has 0 aliphatic rings. The first kappa shape index (κ1) is 15.6.